The van der Waals surface area contributed by atoms with Gasteiger partial charge in [0.2, 0.25) is 0 Å². The van der Waals surface area contributed by atoms with Gasteiger partial charge in [-0.3, -0.25) is 9.59 Å². The number of carbonyl (C=O) groups excluding carboxylic acids is 2. The zero-order chi connectivity index (χ0) is 11.0. The van der Waals surface area contributed by atoms with Gasteiger partial charge in [-0.05, 0) is 12.8 Å². The molecular weight excluding hydrogens is 200 g/mol. The monoisotopic (exact) mass is 214 g/mol. The molecule has 1 saturated carbocycles. The zero-order valence-corrected chi connectivity index (χ0v) is 8.76. The fraction of sp³-hybridized carbons (Fsp3) is 0.800. The second kappa shape index (κ2) is 3.81. The van der Waals surface area contributed by atoms with Crippen molar-refractivity contribution in [3.05, 3.63) is 0 Å². The number of methoxy groups -OCH3 is 2. The van der Waals surface area contributed by atoms with Gasteiger partial charge in [0.05, 0.1) is 38.3 Å². The minimum atomic E-state index is -0.411. The lowest BCUT2D eigenvalue weighted by Crippen LogP contribution is -2.36. The molecule has 1 heterocycles. The second-order valence-corrected chi connectivity index (χ2v) is 3.94. The van der Waals surface area contributed by atoms with Gasteiger partial charge in [-0.25, -0.2) is 0 Å². The number of rotatable bonds is 2. The Morgan fingerprint density at radius 2 is 1.40 bits per heavy atom. The first-order chi connectivity index (χ1) is 7.17. The molecule has 4 atom stereocenters. The number of hydrogen-bond donors (Lipinski definition) is 0. The van der Waals surface area contributed by atoms with E-state index in [0.717, 1.165) is 0 Å². The van der Waals surface area contributed by atoms with E-state index in [2.05, 4.69) is 9.47 Å². The average molecular weight is 214 g/mol. The Balaban J connectivity index is 2.09. The molecule has 2 aliphatic rings. The summed E-state index contributed by atoms with van der Waals surface area (Å²) in [5.74, 6) is -1.52. The maximum Gasteiger partial charge on any atom is 0.309 e. The fourth-order valence-corrected chi connectivity index (χ4v) is 2.25. The maximum absolute atomic E-state index is 11.5. The fourth-order valence-electron chi connectivity index (χ4n) is 2.25. The normalized spacial score (nSPS) is 37.7. The van der Waals surface area contributed by atoms with Gasteiger partial charge in [-0.1, -0.05) is 0 Å². The summed E-state index contributed by atoms with van der Waals surface area (Å²) in [6, 6.07) is 0. The summed E-state index contributed by atoms with van der Waals surface area (Å²) in [5.41, 5.74) is 0. The van der Waals surface area contributed by atoms with Crippen LogP contribution in [0.4, 0.5) is 0 Å². The smallest absolute Gasteiger partial charge is 0.309 e. The first-order valence-electron chi connectivity index (χ1n) is 4.98. The first-order valence-corrected chi connectivity index (χ1v) is 4.98. The van der Waals surface area contributed by atoms with Crippen molar-refractivity contribution in [1.29, 1.82) is 0 Å². The molecule has 84 valence electrons. The van der Waals surface area contributed by atoms with Crippen LogP contribution in [0.25, 0.3) is 0 Å². The lowest BCUT2D eigenvalue weighted by Gasteiger charge is -2.24. The SMILES string of the molecule is COC(=O)C1CC2OC2CC1C(=O)OC. The highest BCUT2D eigenvalue weighted by atomic mass is 16.6. The van der Waals surface area contributed by atoms with Gasteiger partial charge in [0.25, 0.3) is 0 Å². The summed E-state index contributed by atoms with van der Waals surface area (Å²) in [5, 5.41) is 0. The van der Waals surface area contributed by atoms with E-state index in [-0.39, 0.29) is 24.1 Å². The van der Waals surface area contributed by atoms with E-state index in [9.17, 15) is 9.59 Å². The van der Waals surface area contributed by atoms with Crippen molar-refractivity contribution in [2.45, 2.75) is 25.0 Å². The van der Waals surface area contributed by atoms with Crippen molar-refractivity contribution >= 4 is 11.9 Å². The molecule has 0 aromatic carbocycles. The topological polar surface area (TPSA) is 65.1 Å². The van der Waals surface area contributed by atoms with Crippen LogP contribution in [0.3, 0.4) is 0 Å². The quantitative estimate of drug-likeness (QED) is 0.482. The number of carbonyl (C=O) groups is 2. The van der Waals surface area contributed by atoms with Crippen LogP contribution in [-0.2, 0) is 23.8 Å². The van der Waals surface area contributed by atoms with Crippen LogP contribution in [0.5, 0.6) is 0 Å². The molecule has 0 N–H and O–H groups in total. The molecule has 1 aliphatic carbocycles. The number of ether oxygens (including phenoxy) is 3. The Morgan fingerprint density at radius 3 is 1.73 bits per heavy atom. The highest BCUT2D eigenvalue weighted by Gasteiger charge is 2.53. The summed E-state index contributed by atoms with van der Waals surface area (Å²) in [7, 11) is 2.66. The predicted molar refractivity (Wildman–Crippen MR) is 48.9 cm³/mol. The maximum atomic E-state index is 11.5. The summed E-state index contributed by atoms with van der Waals surface area (Å²) in [4.78, 5) is 23.0. The van der Waals surface area contributed by atoms with E-state index in [4.69, 9.17) is 4.74 Å². The highest BCUT2D eigenvalue weighted by molar-refractivity contribution is 5.82. The highest BCUT2D eigenvalue weighted by Crippen LogP contribution is 2.43. The third-order valence-electron chi connectivity index (χ3n) is 3.15. The molecular formula is C10H14O5. The molecule has 1 saturated heterocycles. The van der Waals surface area contributed by atoms with Crippen LogP contribution in [-0.4, -0.2) is 38.4 Å². The molecule has 15 heavy (non-hydrogen) atoms. The van der Waals surface area contributed by atoms with Crippen molar-refractivity contribution in [1.82, 2.24) is 0 Å². The summed E-state index contributed by atoms with van der Waals surface area (Å²) < 4.78 is 14.7. The van der Waals surface area contributed by atoms with E-state index < -0.39 is 11.8 Å². The first kappa shape index (κ1) is 10.4. The molecule has 0 aromatic heterocycles. The Morgan fingerprint density at radius 1 is 1.00 bits per heavy atom. The largest absolute Gasteiger partial charge is 0.469 e. The minimum Gasteiger partial charge on any atom is -0.469 e. The molecule has 0 radical (unpaired) electrons. The summed E-state index contributed by atoms with van der Waals surface area (Å²) >= 11 is 0. The van der Waals surface area contributed by atoms with Gasteiger partial charge < -0.3 is 14.2 Å². The van der Waals surface area contributed by atoms with Gasteiger partial charge in [0, 0.05) is 0 Å². The average Bonchev–Trinajstić information content (AvgIpc) is 3.03. The lowest BCUT2D eigenvalue weighted by atomic mass is 9.79. The summed E-state index contributed by atoms with van der Waals surface area (Å²) in [6.07, 6.45) is 1.40. The molecule has 0 spiro atoms. The molecule has 1 aliphatic heterocycles. The van der Waals surface area contributed by atoms with Gasteiger partial charge in [0.1, 0.15) is 0 Å². The molecule has 0 aromatic rings. The minimum absolute atomic E-state index is 0.134. The molecule has 0 amide bonds. The number of esters is 2. The number of fused-ring (bicyclic) bond motifs is 1. The van der Waals surface area contributed by atoms with E-state index in [1.54, 1.807) is 0 Å². The van der Waals surface area contributed by atoms with Crippen LogP contribution in [0.15, 0.2) is 0 Å². The van der Waals surface area contributed by atoms with Crippen LogP contribution < -0.4 is 0 Å². The second-order valence-electron chi connectivity index (χ2n) is 3.94. The molecule has 5 heteroatoms. The standard InChI is InChI=1S/C10H14O5/c1-13-9(11)5-3-7-8(15-7)4-6(5)10(12)14-2/h5-8H,3-4H2,1-2H3. The van der Waals surface area contributed by atoms with E-state index >= 15 is 0 Å². The number of hydrogen-bond acceptors (Lipinski definition) is 5. The van der Waals surface area contributed by atoms with Crippen molar-refractivity contribution in [3.63, 3.8) is 0 Å². The van der Waals surface area contributed by atoms with E-state index in [0.29, 0.717) is 12.8 Å². The van der Waals surface area contributed by atoms with Crippen molar-refractivity contribution in [2.75, 3.05) is 14.2 Å². The van der Waals surface area contributed by atoms with Gasteiger partial charge in [-0.15, -0.1) is 0 Å². The van der Waals surface area contributed by atoms with Crippen LogP contribution in [0, 0.1) is 11.8 Å². The Bertz CT molecular complexity index is 260. The van der Waals surface area contributed by atoms with Gasteiger partial charge in [-0.2, -0.15) is 0 Å². The third-order valence-corrected chi connectivity index (χ3v) is 3.15. The van der Waals surface area contributed by atoms with Crippen LogP contribution in [0.1, 0.15) is 12.8 Å². The molecule has 5 nitrogen and oxygen atoms in total. The molecule has 2 rings (SSSR count). The van der Waals surface area contributed by atoms with E-state index in [1.807, 2.05) is 0 Å². The van der Waals surface area contributed by atoms with Gasteiger partial charge in [0.15, 0.2) is 0 Å². The third kappa shape index (κ3) is 1.84. The van der Waals surface area contributed by atoms with Gasteiger partial charge >= 0.3 is 11.9 Å². The Hall–Kier alpha value is -1.10. The predicted octanol–water partition coefficient (Wildman–Crippen LogP) is 0.126. The molecule has 0 bridgehead atoms. The van der Waals surface area contributed by atoms with Crippen LogP contribution >= 0.6 is 0 Å². The Kier molecular flexibility index (Phi) is 2.65. The zero-order valence-electron chi connectivity index (χ0n) is 8.76. The van der Waals surface area contributed by atoms with Crippen molar-refractivity contribution in [2.24, 2.45) is 11.8 Å². The van der Waals surface area contributed by atoms with Crippen molar-refractivity contribution < 1.29 is 23.8 Å². The Labute approximate surface area is 87.7 Å². The van der Waals surface area contributed by atoms with Crippen molar-refractivity contribution in [3.8, 4) is 0 Å². The molecule has 2 fully saturated rings. The summed E-state index contributed by atoms with van der Waals surface area (Å²) in [6.45, 7) is 0. The molecule has 4 unspecified atom stereocenters. The lowest BCUT2D eigenvalue weighted by molar-refractivity contribution is -0.158. The number of epoxide rings is 1. The van der Waals surface area contributed by atoms with E-state index in [1.165, 1.54) is 14.2 Å². The van der Waals surface area contributed by atoms with Crippen LogP contribution in [0.2, 0.25) is 0 Å².